The van der Waals surface area contributed by atoms with E-state index < -0.39 is 12.7 Å². The first-order chi connectivity index (χ1) is 9.74. The van der Waals surface area contributed by atoms with Gasteiger partial charge in [-0.25, -0.2) is 0 Å². The van der Waals surface area contributed by atoms with Gasteiger partial charge in [-0.3, -0.25) is 9.89 Å². The molecule has 5 nitrogen and oxygen atoms in total. The quantitative estimate of drug-likeness (QED) is 0.378. The number of nitrogens with zero attached hydrogens (tertiary/aromatic N) is 2. The lowest BCUT2D eigenvalue weighted by Gasteiger charge is -2.25. The number of likely N-dealkylation sites (N-methyl/N-ethyl adjacent to an activating group) is 1. The smallest absolute Gasteiger partial charge is 0.373 e. The van der Waals surface area contributed by atoms with Crippen LogP contribution in [0.15, 0.2) is 4.99 Å². The highest BCUT2D eigenvalue weighted by Crippen LogP contribution is 2.23. The van der Waals surface area contributed by atoms with Crippen LogP contribution in [0.4, 0.5) is 13.2 Å². The van der Waals surface area contributed by atoms with E-state index in [1.165, 1.54) is 11.9 Å². The lowest BCUT2D eigenvalue weighted by atomic mass is 10.0. The molecular weight excluding hydrogens is 412 g/mol. The molecule has 0 aliphatic carbocycles. The lowest BCUT2D eigenvalue weighted by Crippen LogP contribution is -2.47. The first kappa shape index (κ1) is 21.7. The maximum Gasteiger partial charge on any atom is 0.401 e. The Morgan fingerprint density at radius 1 is 1.36 bits per heavy atom. The van der Waals surface area contributed by atoms with E-state index in [2.05, 4.69) is 15.6 Å². The van der Waals surface area contributed by atoms with Crippen LogP contribution in [0.25, 0.3) is 0 Å². The molecule has 0 aromatic heterocycles. The van der Waals surface area contributed by atoms with Crippen molar-refractivity contribution in [2.75, 3.05) is 46.9 Å². The summed E-state index contributed by atoms with van der Waals surface area (Å²) in [6, 6.07) is 0. The first-order valence-corrected chi connectivity index (χ1v) is 7.08. The van der Waals surface area contributed by atoms with E-state index in [-0.39, 0.29) is 36.1 Å². The number of hydrogen-bond donors (Lipinski definition) is 2. The molecule has 1 heterocycles. The second-order valence-electron chi connectivity index (χ2n) is 5.61. The van der Waals surface area contributed by atoms with E-state index >= 15 is 0 Å². The number of rotatable bonds is 6. The van der Waals surface area contributed by atoms with E-state index in [0.717, 1.165) is 19.4 Å². The Balaban J connectivity index is 0.00000441. The number of aliphatic imine (C=N–C) groups is 1. The van der Waals surface area contributed by atoms with Gasteiger partial charge in [0.25, 0.3) is 0 Å². The number of guanidine groups is 1. The fourth-order valence-corrected chi connectivity index (χ4v) is 2.22. The van der Waals surface area contributed by atoms with E-state index in [4.69, 9.17) is 4.74 Å². The lowest BCUT2D eigenvalue weighted by molar-refractivity contribution is -0.142. The van der Waals surface area contributed by atoms with Gasteiger partial charge < -0.3 is 15.4 Å². The first-order valence-electron chi connectivity index (χ1n) is 7.08. The molecule has 1 atom stereocenters. The molecule has 2 N–H and O–H groups in total. The van der Waals surface area contributed by atoms with Crippen LogP contribution in [-0.2, 0) is 4.74 Å². The monoisotopic (exact) mass is 438 g/mol. The normalized spacial score (nSPS) is 22.6. The summed E-state index contributed by atoms with van der Waals surface area (Å²) in [7, 11) is 3.07. The van der Waals surface area contributed by atoms with Crippen molar-refractivity contribution in [1.82, 2.24) is 15.5 Å². The van der Waals surface area contributed by atoms with Crippen LogP contribution < -0.4 is 10.6 Å². The van der Waals surface area contributed by atoms with Gasteiger partial charge >= 0.3 is 6.18 Å². The van der Waals surface area contributed by atoms with Crippen molar-refractivity contribution < 1.29 is 17.9 Å². The fourth-order valence-electron chi connectivity index (χ4n) is 2.22. The van der Waals surface area contributed by atoms with Crippen molar-refractivity contribution in [2.45, 2.75) is 31.5 Å². The molecule has 1 fully saturated rings. The zero-order valence-corrected chi connectivity index (χ0v) is 15.6. The minimum absolute atomic E-state index is 0. The molecule has 1 aliphatic rings. The maximum absolute atomic E-state index is 12.2. The number of ether oxygens (including phenoxy) is 1. The Morgan fingerprint density at radius 2 is 2.05 bits per heavy atom. The molecule has 9 heteroatoms. The van der Waals surface area contributed by atoms with Crippen molar-refractivity contribution in [1.29, 1.82) is 0 Å². The van der Waals surface area contributed by atoms with Gasteiger partial charge in [0.05, 0.1) is 12.1 Å². The molecule has 0 spiro atoms. The fraction of sp³-hybridized carbons (Fsp3) is 0.923. The standard InChI is InChI=1S/C13H25F3N4O.HI/c1-12(5-4-8-21-12)9-19-11(17-2)18-6-7-20(3)10-13(14,15)16;/h4-10H2,1-3H3,(H2,17,18,19);1H. The minimum Gasteiger partial charge on any atom is -0.373 e. The molecule has 1 unspecified atom stereocenters. The zero-order valence-electron chi connectivity index (χ0n) is 13.3. The van der Waals surface area contributed by atoms with Crippen molar-refractivity contribution in [3.63, 3.8) is 0 Å². The highest BCUT2D eigenvalue weighted by Gasteiger charge is 2.30. The van der Waals surface area contributed by atoms with Gasteiger partial charge in [-0.15, -0.1) is 24.0 Å². The molecule has 1 aliphatic heterocycles. The summed E-state index contributed by atoms with van der Waals surface area (Å²) in [6.45, 7) is 3.21. The maximum atomic E-state index is 12.2. The Labute approximate surface area is 147 Å². The van der Waals surface area contributed by atoms with Gasteiger partial charge in [0.1, 0.15) is 0 Å². The van der Waals surface area contributed by atoms with Crippen LogP contribution in [-0.4, -0.2) is 69.5 Å². The largest absolute Gasteiger partial charge is 0.401 e. The van der Waals surface area contributed by atoms with Crippen molar-refractivity contribution in [2.24, 2.45) is 4.99 Å². The molecule has 0 saturated carbocycles. The Hall–Kier alpha value is -0.290. The highest BCUT2D eigenvalue weighted by atomic mass is 127. The van der Waals surface area contributed by atoms with Crippen LogP contribution in [0.2, 0.25) is 0 Å². The third-order valence-corrected chi connectivity index (χ3v) is 3.39. The third kappa shape index (κ3) is 8.99. The summed E-state index contributed by atoms with van der Waals surface area (Å²) >= 11 is 0. The van der Waals surface area contributed by atoms with Crippen molar-refractivity contribution in [3.8, 4) is 0 Å². The zero-order chi connectivity index (χ0) is 15.9. The molecule has 0 bridgehead atoms. The average molecular weight is 438 g/mol. The van der Waals surface area contributed by atoms with Crippen molar-refractivity contribution >= 4 is 29.9 Å². The minimum atomic E-state index is -4.16. The van der Waals surface area contributed by atoms with Crippen LogP contribution in [0.5, 0.6) is 0 Å². The second-order valence-corrected chi connectivity index (χ2v) is 5.61. The summed E-state index contributed by atoms with van der Waals surface area (Å²) < 4.78 is 42.2. The predicted molar refractivity (Wildman–Crippen MR) is 91.9 cm³/mol. The van der Waals surface area contributed by atoms with Crippen LogP contribution in [0.3, 0.4) is 0 Å². The SMILES string of the molecule is CN=C(NCCN(C)CC(F)(F)F)NCC1(C)CCCO1.I. The van der Waals surface area contributed by atoms with Gasteiger partial charge in [-0.05, 0) is 26.8 Å². The molecule has 0 aromatic carbocycles. The van der Waals surface area contributed by atoms with Crippen molar-refractivity contribution in [3.05, 3.63) is 0 Å². The topological polar surface area (TPSA) is 48.9 Å². The summed E-state index contributed by atoms with van der Waals surface area (Å²) in [6.07, 6.45) is -2.12. The van der Waals surface area contributed by atoms with E-state index in [1.54, 1.807) is 7.05 Å². The summed E-state index contributed by atoms with van der Waals surface area (Å²) in [5.74, 6) is 0.576. The second kappa shape index (κ2) is 9.76. The van der Waals surface area contributed by atoms with Crippen LogP contribution in [0, 0.1) is 0 Å². The number of halogens is 4. The molecule has 1 saturated heterocycles. The van der Waals surface area contributed by atoms with E-state index in [0.29, 0.717) is 19.0 Å². The van der Waals surface area contributed by atoms with Crippen LogP contribution in [0.1, 0.15) is 19.8 Å². The summed E-state index contributed by atoms with van der Waals surface area (Å²) in [5, 5.41) is 6.15. The number of nitrogens with one attached hydrogen (secondary N) is 2. The Bertz CT molecular complexity index is 347. The highest BCUT2D eigenvalue weighted by molar-refractivity contribution is 14.0. The summed E-state index contributed by atoms with van der Waals surface area (Å²) in [4.78, 5) is 5.27. The molecule has 132 valence electrons. The third-order valence-electron chi connectivity index (χ3n) is 3.39. The summed E-state index contributed by atoms with van der Waals surface area (Å²) in [5.41, 5.74) is -0.190. The molecule has 0 aromatic rings. The molecular formula is C13H26F3IN4O. The van der Waals surface area contributed by atoms with Gasteiger partial charge in [0.2, 0.25) is 0 Å². The molecule has 22 heavy (non-hydrogen) atoms. The Morgan fingerprint density at radius 3 is 2.55 bits per heavy atom. The molecule has 1 rings (SSSR count). The van der Waals surface area contributed by atoms with Gasteiger partial charge in [-0.1, -0.05) is 0 Å². The van der Waals surface area contributed by atoms with Crippen LogP contribution >= 0.6 is 24.0 Å². The Kier molecular flexibility index (Phi) is 9.63. The van der Waals surface area contributed by atoms with Gasteiger partial charge in [-0.2, -0.15) is 13.2 Å². The van der Waals surface area contributed by atoms with E-state index in [1.807, 2.05) is 6.92 Å². The number of alkyl halides is 3. The molecule has 0 amide bonds. The van der Waals surface area contributed by atoms with E-state index in [9.17, 15) is 13.2 Å². The predicted octanol–water partition coefficient (Wildman–Crippen LogP) is 1.83. The van der Waals surface area contributed by atoms with Gasteiger partial charge in [0.15, 0.2) is 5.96 Å². The average Bonchev–Trinajstić information content (AvgIpc) is 2.78. The van der Waals surface area contributed by atoms with Gasteiger partial charge in [0, 0.05) is 33.3 Å². The number of hydrogen-bond acceptors (Lipinski definition) is 3. The molecule has 0 radical (unpaired) electrons.